The summed E-state index contributed by atoms with van der Waals surface area (Å²) in [6.07, 6.45) is 12.8. The first-order chi connectivity index (χ1) is 8.74. The highest BCUT2D eigenvalue weighted by Crippen LogP contribution is 2.42. The third-order valence-electron chi connectivity index (χ3n) is 5.08. The molecule has 0 radical (unpaired) electrons. The summed E-state index contributed by atoms with van der Waals surface area (Å²) in [7, 11) is 0. The monoisotopic (exact) mass is 253 g/mol. The van der Waals surface area contributed by atoms with E-state index in [-0.39, 0.29) is 0 Å². The molecule has 0 aromatic rings. The van der Waals surface area contributed by atoms with Gasteiger partial charge in [-0.1, -0.05) is 26.7 Å². The van der Waals surface area contributed by atoms with Crippen molar-refractivity contribution in [1.82, 2.24) is 5.32 Å². The SMILES string of the molecule is CCNC(CCCC1CCCO1)C1(C)CCCC1. The van der Waals surface area contributed by atoms with Crippen LogP contribution in [0, 0.1) is 5.41 Å². The average Bonchev–Trinajstić information content (AvgIpc) is 3.00. The van der Waals surface area contributed by atoms with Gasteiger partial charge in [-0.25, -0.2) is 0 Å². The van der Waals surface area contributed by atoms with E-state index in [2.05, 4.69) is 19.2 Å². The predicted molar refractivity (Wildman–Crippen MR) is 76.9 cm³/mol. The summed E-state index contributed by atoms with van der Waals surface area (Å²) in [6.45, 7) is 6.85. The number of ether oxygens (including phenoxy) is 1. The minimum absolute atomic E-state index is 0.562. The molecule has 0 spiro atoms. The van der Waals surface area contributed by atoms with Crippen molar-refractivity contribution >= 4 is 0 Å². The van der Waals surface area contributed by atoms with E-state index >= 15 is 0 Å². The van der Waals surface area contributed by atoms with Gasteiger partial charge >= 0.3 is 0 Å². The molecule has 1 saturated carbocycles. The Morgan fingerprint density at radius 2 is 2.06 bits per heavy atom. The summed E-state index contributed by atoms with van der Waals surface area (Å²) in [5.41, 5.74) is 0.562. The molecule has 2 rings (SSSR count). The highest BCUT2D eigenvalue weighted by atomic mass is 16.5. The van der Waals surface area contributed by atoms with Crippen LogP contribution < -0.4 is 5.32 Å². The fourth-order valence-electron chi connectivity index (χ4n) is 3.90. The number of hydrogen-bond donors (Lipinski definition) is 1. The Balaban J connectivity index is 1.74. The molecular formula is C16H31NO. The van der Waals surface area contributed by atoms with Crippen molar-refractivity contribution in [1.29, 1.82) is 0 Å². The molecule has 0 bridgehead atoms. The Bertz CT molecular complexity index is 229. The van der Waals surface area contributed by atoms with Crippen LogP contribution >= 0.6 is 0 Å². The van der Waals surface area contributed by atoms with E-state index in [0.717, 1.165) is 19.2 Å². The molecule has 1 N–H and O–H groups in total. The predicted octanol–water partition coefficient (Wildman–Crippen LogP) is 3.89. The normalized spacial score (nSPS) is 28.7. The number of rotatable bonds is 7. The highest BCUT2D eigenvalue weighted by molar-refractivity contribution is 4.91. The fraction of sp³-hybridized carbons (Fsp3) is 1.00. The van der Waals surface area contributed by atoms with Crippen LogP contribution in [0.2, 0.25) is 0 Å². The molecule has 106 valence electrons. The second-order valence-corrected chi connectivity index (χ2v) is 6.54. The van der Waals surface area contributed by atoms with Crippen molar-refractivity contribution in [3.05, 3.63) is 0 Å². The van der Waals surface area contributed by atoms with Crippen LogP contribution in [0.15, 0.2) is 0 Å². The minimum atomic E-state index is 0.562. The van der Waals surface area contributed by atoms with Gasteiger partial charge in [0, 0.05) is 12.6 Å². The molecule has 2 atom stereocenters. The fourth-order valence-corrected chi connectivity index (χ4v) is 3.90. The van der Waals surface area contributed by atoms with Crippen molar-refractivity contribution in [2.75, 3.05) is 13.2 Å². The lowest BCUT2D eigenvalue weighted by atomic mass is 9.78. The number of nitrogens with one attached hydrogen (secondary N) is 1. The summed E-state index contributed by atoms with van der Waals surface area (Å²) < 4.78 is 5.72. The second kappa shape index (κ2) is 6.91. The molecule has 2 unspecified atom stereocenters. The highest BCUT2D eigenvalue weighted by Gasteiger charge is 2.36. The minimum Gasteiger partial charge on any atom is -0.378 e. The van der Waals surface area contributed by atoms with Crippen LogP contribution in [0.1, 0.15) is 71.6 Å². The molecule has 1 aliphatic carbocycles. The molecule has 2 aliphatic rings. The van der Waals surface area contributed by atoms with Crippen molar-refractivity contribution in [2.24, 2.45) is 5.41 Å². The first-order valence-corrected chi connectivity index (χ1v) is 8.09. The van der Waals surface area contributed by atoms with Crippen LogP contribution in [0.25, 0.3) is 0 Å². The van der Waals surface area contributed by atoms with Gasteiger partial charge in [-0.2, -0.15) is 0 Å². The molecule has 2 nitrogen and oxygen atoms in total. The molecule has 0 aromatic heterocycles. The number of hydrogen-bond acceptors (Lipinski definition) is 2. The molecule has 0 aromatic carbocycles. The lowest BCUT2D eigenvalue weighted by Gasteiger charge is -2.35. The van der Waals surface area contributed by atoms with Gasteiger partial charge in [0.2, 0.25) is 0 Å². The Kier molecular flexibility index (Phi) is 5.50. The van der Waals surface area contributed by atoms with E-state index < -0.39 is 0 Å². The van der Waals surface area contributed by atoms with Crippen molar-refractivity contribution < 1.29 is 4.74 Å². The quantitative estimate of drug-likeness (QED) is 0.743. The Hall–Kier alpha value is -0.0800. The van der Waals surface area contributed by atoms with E-state index in [0.29, 0.717) is 11.5 Å². The molecule has 2 fully saturated rings. The zero-order valence-corrected chi connectivity index (χ0v) is 12.3. The summed E-state index contributed by atoms with van der Waals surface area (Å²) in [5, 5.41) is 3.75. The van der Waals surface area contributed by atoms with Crippen LogP contribution in [0.5, 0.6) is 0 Å². The van der Waals surface area contributed by atoms with E-state index in [1.165, 1.54) is 57.8 Å². The lowest BCUT2D eigenvalue weighted by molar-refractivity contribution is 0.0984. The van der Waals surface area contributed by atoms with Gasteiger partial charge in [0.25, 0.3) is 0 Å². The standard InChI is InChI=1S/C16H31NO/c1-3-17-15(16(2)11-4-5-12-16)10-6-8-14-9-7-13-18-14/h14-15,17H,3-13H2,1-2H3. The maximum Gasteiger partial charge on any atom is 0.0576 e. The zero-order valence-electron chi connectivity index (χ0n) is 12.3. The van der Waals surface area contributed by atoms with Crippen LogP contribution in [0.4, 0.5) is 0 Å². The molecular weight excluding hydrogens is 222 g/mol. The van der Waals surface area contributed by atoms with Gasteiger partial charge in [-0.05, 0) is 56.9 Å². The van der Waals surface area contributed by atoms with Gasteiger partial charge in [0.1, 0.15) is 0 Å². The Morgan fingerprint density at radius 3 is 2.67 bits per heavy atom. The average molecular weight is 253 g/mol. The zero-order chi connectivity index (χ0) is 12.8. The largest absolute Gasteiger partial charge is 0.378 e. The molecule has 1 heterocycles. The van der Waals surface area contributed by atoms with Crippen molar-refractivity contribution in [2.45, 2.75) is 83.8 Å². The van der Waals surface area contributed by atoms with E-state index in [9.17, 15) is 0 Å². The maximum absolute atomic E-state index is 5.72. The molecule has 0 amide bonds. The molecule has 1 aliphatic heterocycles. The van der Waals surface area contributed by atoms with Gasteiger partial charge < -0.3 is 10.1 Å². The molecule has 2 heteroatoms. The van der Waals surface area contributed by atoms with Crippen LogP contribution in [-0.4, -0.2) is 25.3 Å². The Labute approximate surface area is 113 Å². The van der Waals surface area contributed by atoms with Gasteiger partial charge in [-0.15, -0.1) is 0 Å². The van der Waals surface area contributed by atoms with E-state index in [4.69, 9.17) is 4.74 Å². The summed E-state index contributed by atoms with van der Waals surface area (Å²) >= 11 is 0. The molecule has 18 heavy (non-hydrogen) atoms. The second-order valence-electron chi connectivity index (χ2n) is 6.54. The van der Waals surface area contributed by atoms with Crippen molar-refractivity contribution in [3.63, 3.8) is 0 Å². The third-order valence-corrected chi connectivity index (χ3v) is 5.08. The van der Waals surface area contributed by atoms with Crippen LogP contribution in [-0.2, 0) is 4.74 Å². The maximum atomic E-state index is 5.72. The first kappa shape index (κ1) is 14.3. The summed E-state index contributed by atoms with van der Waals surface area (Å²) in [4.78, 5) is 0. The summed E-state index contributed by atoms with van der Waals surface area (Å²) in [5.74, 6) is 0. The van der Waals surface area contributed by atoms with Gasteiger partial charge in [0.05, 0.1) is 6.10 Å². The smallest absolute Gasteiger partial charge is 0.0576 e. The van der Waals surface area contributed by atoms with Crippen LogP contribution in [0.3, 0.4) is 0 Å². The van der Waals surface area contributed by atoms with E-state index in [1.54, 1.807) is 0 Å². The van der Waals surface area contributed by atoms with Crippen molar-refractivity contribution in [3.8, 4) is 0 Å². The topological polar surface area (TPSA) is 21.3 Å². The summed E-state index contributed by atoms with van der Waals surface area (Å²) in [6, 6.07) is 0.728. The van der Waals surface area contributed by atoms with Gasteiger partial charge in [0.15, 0.2) is 0 Å². The third kappa shape index (κ3) is 3.71. The van der Waals surface area contributed by atoms with E-state index in [1.807, 2.05) is 0 Å². The molecule has 1 saturated heterocycles. The van der Waals surface area contributed by atoms with Gasteiger partial charge in [-0.3, -0.25) is 0 Å². The first-order valence-electron chi connectivity index (χ1n) is 8.09. The Morgan fingerprint density at radius 1 is 1.28 bits per heavy atom. The lowest BCUT2D eigenvalue weighted by Crippen LogP contribution is -2.42.